The molecule has 0 aliphatic carbocycles. The summed E-state index contributed by atoms with van der Waals surface area (Å²) in [6.07, 6.45) is -4.75. The van der Waals surface area contributed by atoms with E-state index in [9.17, 15) is 31.2 Å². The van der Waals surface area contributed by atoms with Crippen LogP contribution in [0.25, 0.3) is 0 Å². The van der Waals surface area contributed by atoms with Crippen molar-refractivity contribution in [2.24, 2.45) is 0 Å². The van der Waals surface area contributed by atoms with Gasteiger partial charge in [-0.15, -0.1) is 0 Å². The van der Waals surface area contributed by atoms with Gasteiger partial charge >= 0.3 is 6.18 Å². The highest BCUT2D eigenvalue weighted by atomic mass is 35.5. The Bertz CT molecular complexity index is 1020. The van der Waals surface area contributed by atoms with Crippen LogP contribution in [0.3, 0.4) is 0 Å². The van der Waals surface area contributed by atoms with Gasteiger partial charge in [0.1, 0.15) is 0 Å². The van der Waals surface area contributed by atoms with Gasteiger partial charge in [0, 0.05) is 22.7 Å². The molecule has 0 bridgehead atoms. The maximum atomic E-state index is 13.0. The van der Waals surface area contributed by atoms with E-state index in [4.69, 9.17) is 11.6 Å². The van der Waals surface area contributed by atoms with E-state index in [0.717, 1.165) is 12.1 Å². The average molecular weight is 434 g/mol. The lowest BCUT2D eigenvalue weighted by molar-refractivity contribution is -0.137. The van der Waals surface area contributed by atoms with E-state index in [-0.39, 0.29) is 39.6 Å². The monoisotopic (exact) mass is 433 g/mol. The highest BCUT2D eigenvalue weighted by Crippen LogP contribution is 2.32. The van der Waals surface area contributed by atoms with Crippen molar-refractivity contribution in [1.29, 1.82) is 0 Å². The van der Waals surface area contributed by atoms with Gasteiger partial charge in [0.05, 0.1) is 16.2 Å². The normalized spacial score (nSPS) is 11.9. The predicted octanol–water partition coefficient (Wildman–Crippen LogP) is 3.89. The molecule has 0 atom stereocenters. The smallest absolute Gasteiger partial charge is 0.348 e. The number of hydrogen-bond acceptors (Lipinski definition) is 4. The molecule has 5 nitrogen and oxygen atoms in total. The van der Waals surface area contributed by atoms with Crippen LogP contribution in [-0.2, 0) is 22.6 Å². The van der Waals surface area contributed by atoms with Crippen molar-refractivity contribution in [2.75, 3.05) is 5.75 Å². The first-order chi connectivity index (χ1) is 13.0. The number of benzene rings is 2. The van der Waals surface area contributed by atoms with Gasteiger partial charge in [-0.25, -0.2) is 8.42 Å². The van der Waals surface area contributed by atoms with Crippen molar-refractivity contribution in [2.45, 2.75) is 24.5 Å². The van der Waals surface area contributed by atoms with E-state index in [1.54, 1.807) is 0 Å². The molecule has 28 heavy (non-hydrogen) atoms. The zero-order chi connectivity index (χ0) is 21.1. The third kappa shape index (κ3) is 4.90. The zero-order valence-electron chi connectivity index (χ0n) is 14.5. The molecule has 0 unspecified atom stereocenters. The van der Waals surface area contributed by atoms with Gasteiger partial charge < -0.3 is 5.32 Å². The lowest BCUT2D eigenvalue weighted by Gasteiger charge is -2.13. The van der Waals surface area contributed by atoms with Crippen LogP contribution in [0.4, 0.5) is 13.2 Å². The van der Waals surface area contributed by atoms with Crippen LogP contribution >= 0.6 is 11.6 Å². The average Bonchev–Trinajstić information content (AvgIpc) is 2.64. The molecule has 1 N–H and O–H groups in total. The highest BCUT2D eigenvalue weighted by Gasteiger charge is 2.34. The minimum absolute atomic E-state index is 0.0213. The second-order valence-corrected chi connectivity index (χ2v) is 8.44. The van der Waals surface area contributed by atoms with Crippen molar-refractivity contribution in [3.8, 4) is 0 Å². The Hall–Kier alpha value is -2.39. The van der Waals surface area contributed by atoms with Crippen LogP contribution in [0.15, 0.2) is 41.3 Å². The molecule has 0 saturated carbocycles. The predicted molar refractivity (Wildman–Crippen MR) is 97.2 cm³/mol. The van der Waals surface area contributed by atoms with Gasteiger partial charge in [-0.3, -0.25) is 9.59 Å². The van der Waals surface area contributed by atoms with Crippen molar-refractivity contribution < 1.29 is 31.2 Å². The number of hydrogen-bond donors (Lipinski definition) is 1. The lowest BCUT2D eigenvalue weighted by atomic mass is 10.0. The second-order valence-electron chi connectivity index (χ2n) is 5.76. The summed E-state index contributed by atoms with van der Waals surface area (Å²) in [6, 6.07) is 6.61. The molecule has 2 aromatic carbocycles. The number of sulfone groups is 1. The van der Waals surface area contributed by atoms with Crippen molar-refractivity contribution in [3.05, 3.63) is 63.7 Å². The Balaban J connectivity index is 2.31. The fraction of sp³-hybridized carbons (Fsp3) is 0.222. The topological polar surface area (TPSA) is 80.3 Å². The molecule has 0 saturated heterocycles. The first-order valence-electron chi connectivity index (χ1n) is 7.95. The molecule has 0 heterocycles. The van der Waals surface area contributed by atoms with Crippen LogP contribution in [-0.4, -0.2) is 26.4 Å². The number of halogens is 4. The summed E-state index contributed by atoms with van der Waals surface area (Å²) < 4.78 is 63.4. The molecule has 10 heteroatoms. The van der Waals surface area contributed by atoms with Crippen LogP contribution < -0.4 is 5.32 Å². The van der Waals surface area contributed by atoms with Gasteiger partial charge in [0.25, 0.3) is 5.91 Å². The fourth-order valence-corrected chi connectivity index (χ4v) is 3.78. The van der Waals surface area contributed by atoms with Crippen molar-refractivity contribution >= 4 is 33.6 Å². The SMILES string of the molecule is CCS(=O)(=O)c1ccc(Cl)cc1CNC(=O)c1ccc(C=O)c(C(F)(F)F)c1. The number of aldehydes is 1. The minimum Gasteiger partial charge on any atom is -0.348 e. The standard InChI is InChI=1S/C18H15ClF3NO4S/c1-2-28(26,27)16-6-5-14(19)7-13(16)9-23-17(25)11-3-4-12(10-24)15(8-11)18(20,21)22/h3-8,10H,2,9H2,1H3,(H,23,25). The minimum atomic E-state index is -4.80. The summed E-state index contributed by atoms with van der Waals surface area (Å²) in [5, 5.41) is 2.62. The van der Waals surface area contributed by atoms with Gasteiger partial charge in [0.15, 0.2) is 16.1 Å². The largest absolute Gasteiger partial charge is 0.417 e. The molecule has 2 rings (SSSR count). The Morgan fingerprint density at radius 1 is 1.18 bits per heavy atom. The molecular formula is C18H15ClF3NO4S. The maximum absolute atomic E-state index is 13.0. The quantitative estimate of drug-likeness (QED) is 0.701. The number of carbonyl (C=O) groups is 2. The van der Waals surface area contributed by atoms with E-state index >= 15 is 0 Å². The maximum Gasteiger partial charge on any atom is 0.417 e. The highest BCUT2D eigenvalue weighted by molar-refractivity contribution is 7.91. The van der Waals surface area contributed by atoms with Crippen molar-refractivity contribution in [3.63, 3.8) is 0 Å². The molecule has 0 aliphatic rings. The summed E-state index contributed by atoms with van der Waals surface area (Å²) in [5.74, 6) is -1.03. The van der Waals surface area contributed by atoms with E-state index in [2.05, 4.69) is 5.32 Å². The van der Waals surface area contributed by atoms with Gasteiger partial charge in [-0.2, -0.15) is 13.2 Å². The molecule has 150 valence electrons. The van der Waals surface area contributed by atoms with Crippen LogP contribution in [0.5, 0.6) is 0 Å². The van der Waals surface area contributed by atoms with Gasteiger partial charge in [-0.1, -0.05) is 24.6 Å². The van der Waals surface area contributed by atoms with Crippen LogP contribution in [0.1, 0.15) is 38.8 Å². The molecule has 0 aromatic heterocycles. The Labute approximate surface area is 164 Å². The summed E-state index contributed by atoms with van der Waals surface area (Å²) in [4.78, 5) is 23.0. The summed E-state index contributed by atoms with van der Waals surface area (Å²) in [7, 11) is -3.59. The summed E-state index contributed by atoms with van der Waals surface area (Å²) in [6.45, 7) is 1.20. The van der Waals surface area contributed by atoms with Gasteiger partial charge in [0.2, 0.25) is 0 Å². The first-order valence-corrected chi connectivity index (χ1v) is 9.98. The molecule has 0 spiro atoms. The Morgan fingerprint density at radius 3 is 2.43 bits per heavy atom. The van der Waals surface area contributed by atoms with Gasteiger partial charge in [-0.05, 0) is 35.9 Å². The van der Waals surface area contributed by atoms with Crippen LogP contribution in [0.2, 0.25) is 5.02 Å². The number of rotatable bonds is 6. The molecular weight excluding hydrogens is 419 g/mol. The number of nitrogens with one attached hydrogen (secondary N) is 1. The fourth-order valence-electron chi connectivity index (χ4n) is 2.47. The molecule has 2 aromatic rings. The number of alkyl halides is 3. The lowest BCUT2D eigenvalue weighted by Crippen LogP contribution is -2.25. The third-order valence-electron chi connectivity index (χ3n) is 3.92. The Kier molecular flexibility index (Phi) is 6.51. The first kappa shape index (κ1) is 21.9. The van der Waals surface area contributed by atoms with E-state index in [0.29, 0.717) is 6.07 Å². The summed E-state index contributed by atoms with van der Waals surface area (Å²) >= 11 is 5.88. The molecule has 0 aliphatic heterocycles. The molecule has 0 fully saturated rings. The number of carbonyl (C=O) groups excluding carboxylic acids is 2. The molecule has 1 amide bonds. The van der Waals surface area contributed by atoms with E-state index in [1.807, 2.05) is 0 Å². The van der Waals surface area contributed by atoms with E-state index < -0.39 is 33.0 Å². The third-order valence-corrected chi connectivity index (χ3v) is 5.99. The van der Waals surface area contributed by atoms with Crippen molar-refractivity contribution in [1.82, 2.24) is 5.32 Å². The molecule has 0 radical (unpaired) electrons. The Morgan fingerprint density at radius 2 is 1.86 bits per heavy atom. The zero-order valence-corrected chi connectivity index (χ0v) is 16.1. The van der Waals surface area contributed by atoms with Crippen LogP contribution in [0, 0.1) is 0 Å². The second kappa shape index (κ2) is 8.32. The summed E-state index contributed by atoms with van der Waals surface area (Å²) in [5.41, 5.74) is -1.93. The van der Waals surface area contributed by atoms with E-state index in [1.165, 1.54) is 25.1 Å². The number of amides is 1.